The minimum atomic E-state index is -0.0752. The summed E-state index contributed by atoms with van der Waals surface area (Å²) in [6.07, 6.45) is 6.99. The number of ketones is 1. The number of aliphatic imine (C=N–C) groups is 1. The van der Waals surface area contributed by atoms with Crippen LogP contribution < -0.4 is 16.0 Å². The van der Waals surface area contributed by atoms with Crippen molar-refractivity contribution >= 4 is 23.3 Å². The molecule has 0 radical (unpaired) electrons. The summed E-state index contributed by atoms with van der Waals surface area (Å²) < 4.78 is 0. The molecule has 8 nitrogen and oxygen atoms in total. The zero-order valence-electron chi connectivity index (χ0n) is 20.8. The predicted octanol–water partition coefficient (Wildman–Crippen LogP) is 3.09. The van der Waals surface area contributed by atoms with E-state index in [1.807, 2.05) is 18.2 Å². The quantitative estimate of drug-likeness (QED) is 0.204. The zero-order valence-corrected chi connectivity index (χ0v) is 20.8. The van der Waals surface area contributed by atoms with E-state index in [0.29, 0.717) is 17.8 Å². The highest BCUT2D eigenvalue weighted by molar-refractivity contribution is 6.00. The maximum atomic E-state index is 12.5. The molecule has 0 spiro atoms. The SMILES string of the molecule is CC(=O)c1cccc(N(C#N)C(N)=N[C@@H]2CCCC[C@H]2CN2CC(=O)N[C@@H](Cc3ccccc3)C2)c1. The van der Waals surface area contributed by atoms with E-state index in [0.717, 1.165) is 45.2 Å². The standard InChI is InChI=1S/C28H34N6O2/c1-20(35)22-11-7-12-25(15-22)34(19-29)28(30)32-26-13-6-5-10-23(26)16-33-17-24(31-27(36)18-33)14-21-8-3-2-4-9-21/h2-4,7-9,11-12,15,23-24,26H,5-6,10,13-14,16-18H2,1H3,(H2,30,32)(H,31,36)/t23-,24-,26+/m0/s1. The third-order valence-electron chi connectivity index (χ3n) is 7.04. The molecule has 0 unspecified atom stereocenters. The highest BCUT2D eigenvalue weighted by atomic mass is 16.2. The molecule has 3 atom stereocenters. The molecule has 1 heterocycles. The number of rotatable bonds is 7. The number of nitriles is 1. The lowest BCUT2D eigenvalue weighted by Crippen LogP contribution is -2.56. The van der Waals surface area contributed by atoms with Gasteiger partial charge in [-0.25, -0.2) is 9.89 Å². The van der Waals surface area contributed by atoms with Crippen molar-refractivity contribution in [3.05, 3.63) is 65.7 Å². The Morgan fingerprint density at radius 3 is 2.72 bits per heavy atom. The molecule has 2 aromatic carbocycles. The van der Waals surface area contributed by atoms with Crippen molar-refractivity contribution in [1.29, 1.82) is 5.26 Å². The van der Waals surface area contributed by atoms with Crippen molar-refractivity contribution in [3.63, 3.8) is 0 Å². The fourth-order valence-electron chi connectivity index (χ4n) is 5.29. The summed E-state index contributed by atoms with van der Waals surface area (Å²) in [5.41, 5.74) is 8.59. The summed E-state index contributed by atoms with van der Waals surface area (Å²) in [6.45, 7) is 3.44. The largest absolute Gasteiger partial charge is 0.369 e. The van der Waals surface area contributed by atoms with E-state index in [-0.39, 0.29) is 35.7 Å². The van der Waals surface area contributed by atoms with E-state index < -0.39 is 0 Å². The summed E-state index contributed by atoms with van der Waals surface area (Å²) in [6, 6.07) is 17.1. The van der Waals surface area contributed by atoms with Crippen LogP contribution in [0.5, 0.6) is 0 Å². The van der Waals surface area contributed by atoms with Crippen LogP contribution in [0.2, 0.25) is 0 Å². The van der Waals surface area contributed by atoms with Gasteiger partial charge in [-0.1, -0.05) is 55.3 Å². The van der Waals surface area contributed by atoms with E-state index in [9.17, 15) is 14.9 Å². The molecular formula is C28H34N6O2. The maximum Gasteiger partial charge on any atom is 0.234 e. The van der Waals surface area contributed by atoms with E-state index in [4.69, 9.17) is 10.7 Å². The van der Waals surface area contributed by atoms with E-state index in [1.54, 1.807) is 24.3 Å². The van der Waals surface area contributed by atoms with Crippen LogP contribution in [0.25, 0.3) is 0 Å². The van der Waals surface area contributed by atoms with E-state index >= 15 is 0 Å². The van der Waals surface area contributed by atoms with Crippen LogP contribution in [-0.2, 0) is 11.2 Å². The van der Waals surface area contributed by atoms with Gasteiger partial charge in [-0.15, -0.1) is 0 Å². The Morgan fingerprint density at radius 1 is 1.19 bits per heavy atom. The van der Waals surface area contributed by atoms with E-state index in [2.05, 4.69) is 28.5 Å². The Labute approximate surface area is 212 Å². The molecule has 4 rings (SSSR count). The molecule has 2 fully saturated rings. The van der Waals surface area contributed by atoms with Gasteiger partial charge in [0.15, 0.2) is 12.0 Å². The Bertz CT molecular complexity index is 1140. The van der Waals surface area contributed by atoms with Crippen LogP contribution in [-0.4, -0.2) is 54.3 Å². The highest BCUT2D eigenvalue weighted by Crippen LogP contribution is 2.29. The zero-order chi connectivity index (χ0) is 25.5. The number of guanidine groups is 1. The van der Waals surface area contributed by atoms with Crippen molar-refractivity contribution in [2.24, 2.45) is 16.6 Å². The average Bonchev–Trinajstić information content (AvgIpc) is 2.86. The third-order valence-corrected chi connectivity index (χ3v) is 7.04. The number of nitrogens with two attached hydrogens (primary N) is 1. The lowest BCUT2D eigenvalue weighted by molar-refractivity contribution is -0.125. The average molecular weight is 487 g/mol. The lowest BCUT2D eigenvalue weighted by Gasteiger charge is -2.38. The minimum absolute atomic E-state index is 0.0249. The minimum Gasteiger partial charge on any atom is -0.369 e. The normalized spacial score (nSPS) is 22.9. The van der Waals surface area contributed by atoms with Crippen LogP contribution in [0.4, 0.5) is 5.69 Å². The van der Waals surface area contributed by atoms with Crippen molar-refractivity contribution in [1.82, 2.24) is 10.2 Å². The monoisotopic (exact) mass is 486 g/mol. The van der Waals surface area contributed by atoms with Gasteiger partial charge in [0.2, 0.25) is 11.9 Å². The fraction of sp³-hybridized carbons (Fsp3) is 0.429. The topological polar surface area (TPSA) is 115 Å². The van der Waals surface area contributed by atoms with Crippen molar-refractivity contribution in [3.8, 4) is 6.19 Å². The molecular weight excluding hydrogens is 452 g/mol. The third kappa shape index (κ3) is 6.49. The Hall–Kier alpha value is -3.70. The molecule has 0 bridgehead atoms. The second-order valence-corrected chi connectivity index (χ2v) is 9.79. The molecule has 0 aromatic heterocycles. The van der Waals surface area contributed by atoms with Gasteiger partial charge < -0.3 is 11.1 Å². The molecule has 188 valence electrons. The van der Waals surface area contributed by atoms with Gasteiger partial charge >= 0.3 is 0 Å². The predicted molar refractivity (Wildman–Crippen MR) is 140 cm³/mol. The van der Waals surface area contributed by atoms with Crippen molar-refractivity contribution in [2.45, 2.75) is 51.1 Å². The van der Waals surface area contributed by atoms with Crippen LogP contribution in [0.3, 0.4) is 0 Å². The Balaban J connectivity index is 1.45. The molecule has 36 heavy (non-hydrogen) atoms. The number of amides is 1. The van der Waals surface area contributed by atoms with Crippen LogP contribution in [0.1, 0.15) is 48.5 Å². The first-order valence-electron chi connectivity index (χ1n) is 12.6. The molecule has 2 aromatic rings. The molecule has 1 saturated carbocycles. The Kier molecular flexibility index (Phi) is 8.34. The molecule has 1 saturated heterocycles. The fourth-order valence-corrected chi connectivity index (χ4v) is 5.29. The Morgan fingerprint density at radius 2 is 1.97 bits per heavy atom. The highest BCUT2D eigenvalue weighted by Gasteiger charge is 2.31. The molecule has 1 amide bonds. The second kappa shape index (κ2) is 11.8. The van der Waals surface area contributed by atoms with Gasteiger partial charge in [0.05, 0.1) is 18.3 Å². The maximum absolute atomic E-state index is 12.5. The molecule has 8 heteroatoms. The first kappa shape index (κ1) is 25.4. The van der Waals surface area contributed by atoms with Gasteiger partial charge in [-0.2, -0.15) is 5.26 Å². The number of hydrogen-bond donors (Lipinski definition) is 2. The summed E-state index contributed by atoms with van der Waals surface area (Å²) in [4.78, 5) is 32.6. The first-order valence-corrected chi connectivity index (χ1v) is 12.6. The number of carbonyl (C=O) groups is 2. The van der Waals surface area contributed by atoms with Crippen molar-refractivity contribution in [2.75, 3.05) is 24.5 Å². The van der Waals surface area contributed by atoms with E-state index in [1.165, 1.54) is 17.4 Å². The number of benzene rings is 2. The number of anilines is 1. The van der Waals surface area contributed by atoms with Gasteiger partial charge in [-0.05, 0) is 49.8 Å². The number of hydrogen-bond acceptors (Lipinski definition) is 5. The number of nitrogens with zero attached hydrogens (tertiary/aromatic N) is 4. The number of Topliss-reactive ketones (excluding diaryl/α,β-unsaturated/α-hetero) is 1. The summed E-state index contributed by atoms with van der Waals surface area (Å²) in [5.74, 6) is 0.366. The summed E-state index contributed by atoms with van der Waals surface area (Å²) >= 11 is 0. The molecule has 3 N–H and O–H groups in total. The number of nitrogens with one attached hydrogen (secondary N) is 1. The van der Waals surface area contributed by atoms with Gasteiger partial charge in [-0.3, -0.25) is 14.5 Å². The van der Waals surface area contributed by atoms with Gasteiger partial charge in [0, 0.05) is 24.7 Å². The number of piperazine rings is 1. The molecule has 1 aliphatic heterocycles. The van der Waals surface area contributed by atoms with Crippen molar-refractivity contribution < 1.29 is 9.59 Å². The second-order valence-electron chi connectivity index (χ2n) is 9.79. The lowest BCUT2D eigenvalue weighted by atomic mass is 9.84. The van der Waals surface area contributed by atoms with Crippen LogP contribution in [0.15, 0.2) is 59.6 Å². The summed E-state index contributed by atoms with van der Waals surface area (Å²) in [7, 11) is 0. The number of carbonyl (C=O) groups excluding carboxylic acids is 2. The van der Waals surface area contributed by atoms with Gasteiger partial charge in [0.25, 0.3) is 0 Å². The van der Waals surface area contributed by atoms with Gasteiger partial charge in [0.1, 0.15) is 0 Å². The van der Waals surface area contributed by atoms with Crippen LogP contribution >= 0.6 is 0 Å². The molecule has 2 aliphatic rings. The first-order chi connectivity index (χ1) is 17.4. The molecule has 1 aliphatic carbocycles. The summed E-state index contributed by atoms with van der Waals surface area (Å²) in [5, 5.41) is 12.9. The van der Waals surface area contributed by atoms with Crippen LogP contribution in [0, 0.1) is 17.4 Å². The smallest absolute Gasteiger partial charge is 0.234 e.